The van der Waals surface area contributed by atoms with E-state index in [-0.39, 0.29) is 0 Å². The molecule has 2 unspecified atom stereocenters. The van der Waals surface area contributed by atoms with Crippen molar-refractivity contribution in [1.29, 1.82) is 0 Å². The van der Waals surface area contributed by atoms with Crippen molar-refractivity contribution >= 4 is 91.8 Å². The monoisotopic (exact) mass is 737 g/mol. The molecule has 1 saturated carbocycles. The quantitative estimate of drug-likeness (QED) is 0.177. The van der Waals surface area contributed by atoms with Gasteiger partial charge in [0.05, 0.1) is 5.69 Å². The predicted molar refractivity (Wildman–Crippen MR) is 245 cm³/mol. The molecule has 2 N–H and O–H groups in total. The lowest BCUT2D eigenvalue weighted by atomic mass is 9.84. The van der Waals surface area contributed by atoms with Crippen molar-refractivity contribution in [2.24, 2.45) is 5.92 Å². The maximum Gasteiger partial charge on any atom is 0.0656 e. The smallest absolute Gasteiger partial charge is 0.0656 e. The minimum atomic E-state index is 0.546. The first kappa shape index (κ1) is 31.1. The van der Waals surface area contributed by atoms with E-state index in [4.69, 9.17) is 0 Å². The third kappa shape index (κ3) is 3.99. The largest absolute Gasteiger partial charge is 0.310 e. The molecular weight excluding hydrogens is 703 g/mol. The fourth-order valence-corrected chi connectivity index (χ4v) is 11.3. The van der Waals surface area contributed by atoms with E-state index in [0.29, 0.717) is 12.0 Å². The molecule has 1 aromatic heterocycles. The van der Waals surface area contributed by atoms with Crippen molar-refractivity contribution in [2.75, 3.05) is 6.54 Å². The van der Waals surface area contributed by atoms with E-state index in [1.807, 2.05) is 6.20 Å². The minimum absolute atomic E-state index is 0.546. The second-order valence-electron chi connectivity index (χ2n) is 16.6. The van der Waals surface area contributed by atoms with Crippen molar-refractivity contribution in [3.8, 4) is 33.5 Å². The molecule has 270 valence electrons. The molecule has 1 aliphatic heterocycles. The maximum absolute atomic E-state index is 4.40. The van der Waals surface area contributed by atoms with Crippen molar-refractivity contribution in [1.82, 2.24) is 15.5 Å². The van der Waals surface area contributed by atoms with Crippen LogP contribution < -0.4 is 5.32 Å². The summed E-state index contributed by atoms with van der Waals surface area (Å²) in [6, 6.07) is 57.6. The van der Waals surface area contributed by atoms with E-state index in [0.717, 1.165) is 12.2 Å². The Balaban J connectivity index is 1.21. The van der Waals surface area contributed by atoms with E-state index >= 15 is 0 Å². The van der Waals surface area contributed by atoms with E-state index in [9.17, 15) is 0 Å². The maximum atomic E-state index is 4.40. The van der Waals surface area contributed by atoms with Crippen LogP contribution >= 0.6 is 0 Å². The van der Waals surface area contributed by atoms with Gasteiger partial charge in [0.15, 0.2) is 0 Å². The molecule has 0 spiro atoms. The zero-order valence-corrected chi connectivity index (χ0v) is 31.6. The number of aromatic nitrogens is 2. The number of hydrogen-bond donors (Lipinski definition) is 2. The van der Waals surface area contributed by atoms with Crippen molar-refractivity contribution in [2.45, 2.75) is 12.5 Å². The summed E-state index contributed by atoms with van der Waals surface area (Å²) in [6.45, 7) is 0.919. The lowest BCUT2D eigenvalue weighted by Crippen LogP contribution is -2.22. The molecule has 2 aliphatic rings. The Morgan fingerprint density at radius 3 is 1.71 bits per heavy atom. The van der Waals surface area contributed by atoms with Gasteiger partial charge in [-0.25, -0.2) is 0 Å². The molecule has 58 heavy (non-hydrogen) atoms. The first-order chi connectivity index (χ1) is 28.8. The van der Waals surface area contributed by atoms with Gasteiger partial charge in [-0.2, -0.15) is 5.10 Å². The average Bonchev–Trinajstić information content (AvgIpc) is 3.56. The molecular formula is C55H35N3. The minimum Gasteiger partial charge on any atom is -0.310 e. The highest BCUT2D eigenvalue weighted by Gasteiger charge is 2.43. The van der Waals surface area contributed by atoms with Gasteiger partial charge in [-0.1, -0.05) is 140 Å². The summed E-state index contributed by atoms with van der Waals surface area (Å²) in [5.74, 6) is 0.546. The topological polar surface area (TPSA) is 40.7 Å². The van der Waals surface area contributed by atoms with Crippen LogP contribution in [0.15, 0.2) is 164 Å². The highest BCUT2D eigenvalue weighted by molar-refractivity contribution is 6.45. The lowest BCUT2D eigenvalue weighted by Gasteiger charge is -2.20. The number of hydrogen-bond acceptors (Lipinski definition) is 2. The average molecular weight is 738 g/mol. The summed E-state index contributed by atoms with van der Waals surface area (Å²) >= 11 is 0. The van der Waals surface area contributed by atoms with Gasteiger partial charge in [-0.3, -0.25) is 5.10 Å². The number of rotatable bonds is 4. The Labute approximate surface area is 333 Å². The van der Waals surface area contributed by atoms with Gasteiger partial charge < -0.3 is 5.32 Å². The molecule has 11 aromatic carbocycles. The number of fused-ring (bicyclic) bond motifs is 11. The highest BCUT2D eigenvalue weighted by atomic mass is 15.1. The fraction of sp³-hybridized carbons (Fsp3) is 0.0727. The fourth-order valence-electron chi connectivity index (χ4n) is 11.3. The number of nitrogens with zero attached hydrogens (tertiary/aromatic N) is 1. The Morgan fingerprint density at radius 2 is 1.00 bits per heavy atom. The van der Waals surface area contributed by atoms with Gasteiger partial charge >= 0.3 is 0 Å². The molecule has 1 fully saturated rings. The molecule has 2 heterocycles. The summed E-state index contributed by atoms with van der Waals surface area (Å²) in [6.07, 6.45) is 5.56. The van der Waals surface area contributed by atoms with Gasteiger partial charge in [0, 0.05) is 35.7 Å². The van der Waals surface area contributed by atoms with Crippen molar-refractivity contribution in [3.63, 3.8) is 0 Å². The standard InChI is InChI=1S/C55H35N3/c1-3-11-30(12-4-1)32-21-22-38(46-24-26-57-58-46)53-44-27-41-36-18-10-20-40-50(36)45(28-42(41)35-17-9-19-39(49(35)44)51(32)53)55-52(37-23-25-56-47-29-43(37)47)34-16-8-7-15-33(34)48(54(40)55)31-13-5-2-6-14-31/h1-24,26-28,43,47,56H,25,29H2,(H,57,58). The molecule has 12 aromatic rings. The van der Waals surface area contributed by atoms with Crippen LogP contribution in [0.1, 0.15) is 12.0 Å². The van der Waals surface area contributed by atoms with Crippen LogP contribution in [0.5, 0.6) is 0 Å². The molecule has 0 radical (unpaired) electrons. The number of nitrogens with one attached hydrogen (secondary N) is 2. The summed E-state index contributed by atoms with van der Waals surface area (Å²) in [5.41, 5.74) is 10.3. The van der Waals surface area contributed by atoms with E-state index in [1.54, 1.807) is 0 Å². The zero-order chi connectivity index (χ0) is 37.6. The Hall–Kier alpha value is -7.07. The van der Waals surface area contributed by atoms with Crippen molar-refractivity contribution in [3.05, 3.63) is 169 Å². The zero-order valence-electron chi connectivity index (χ0n) is 31.6. The second kappa shape index (κ2) is 11.3. The molecule has 0 amide bonds. The molecule has 1 aliphatic carbocycles. The third-order valence-corrected chi connectivity index (χ3v) is 13.7. The van der Waals surface area contributed by atoms with Crippen LogP contribution in [0, 0.1) is 5.92 Å². The SMILES string of the molecule is C1=C(c2c3ccccc3c(-c3ccccc3)c3c4cccc5c6cc7c8c(-c9ccn[nH]9)ccc(-c9ccccc9)c8c8cccc(c6cc(c23)c54)c87)C2CC2NC1. The van der Waals surface area contributed by atoms with Gasteiger partial charge in [-0.05, 0) is 139 Å². The van der Waals surface area contributed by atoms with Crippen LogP contribution in [0.2, 0.25) is 0 Å². The van der Waals surface area contributed by atoms with Crippen LogP contribution in [-0.4, -0.2) is 22.8 Å². The van der Waals surface area contributed by atoms with Gasteiger partial charge in [0.1, 0.15) is 0 Å². The molecule has 2 atom stereocenters. The summed E-state index contributed by atoms with van der Waals surface area (Å²) in [7, 11) is 0. The summed E-state index contributed by atoms with van der Waals surface area (Å²) in [5, 5.41) is 32.8. The van der Waals surface area contributed by atoms with Crippen LogP contribution in [0.25, 0.3) is 125 Å². The normalized spacial score (nSPS) is 16.9. The predicted octanol–water partition coefficient (Wildman–Crippen LogP) is 13.9. The van der Waals surface area contributed by atoms with Crippen LogP contribution in [-0.2, 0) is 0 Å². The van der Waals surface area contributed by atoms with Gasteiger partial charge in [0.25, 0.3) is 0 Å². The molecule has 0 saturated heterocycles. The van der Waals surface area contributed by atoms with Gasteiger partial charge in [0.2, 0.25) is 0 Å². The first-order valence-corrected chi connectivity index (χ1v) is 20.6. The summed E-state index contributed by atoms with van der Waals surface area (Å²) in [4.78, 5) is 0. The van der Waals surface area contributed by atoms with Crippen LogP contribution in [0.3, 0.4) is 0 Å². The summed E-state index contributed by atoms with van der Waals surface area (Å²) < 4.78 is 0. The van der Waals surface area contributed by atoms with Gasteiger partial charge in [-0.15, -0.1) is 0 Å². The molecule has 3 heteroatoms. The van der Waals surface area contributed by atoms with E-state index < -0.39 is 0 Å². The van der Waals surface area contributed by atoms with E-state index in [1.165, 1.54) is 132 Å². The molecule has 3 nitrogen and oxygen atoms in total. The molecule has 14 rings (SSSR count). The van der Waals surface area contributed by atoms with Crippen molar-refractivity contribution < 1.29 is 0 Å². The first-order valence-electron chi connectivity index (χ1n) is 20.6. The number of aromatic amines is 1. The molecule has 0 bridgehead atoms. The Bertz CT molecular complexity index is 3690. The highest BCUT2D eigenvalue weighted by Crippen LogP contribution is 2.56. The second-order valence-corrected chi connectivity index (χ2v) is 16.6. The Kier molecular flexibility index (Phi) is 6.04. The number of H-pyrrole nitrogens is 1. The third-order valence-electron chi connectivity index (χ3n) is 13.7. The van der Waals surface area contributed by atoms with Crippen LogP contribution in [0.4, 0.5) is 0 Å². The van der Waals surface area contributed by atoms with E-state index in [2.05, 4.69) is 173 Å². The number of benzene rings is 9. The lowest BCUT2D eigenvalue weighted by molar-refractivity contribution is 0.711. The Morgan fingerprint density at radius 1 is 0.431 bits per heavy atom.